The van der Waals surface area contributed by atoms with Crippen LogP contribution in [0.2, 0.25) is 0 Å². The first kappa shape index (κ1) is 15.0. The highest BCUT2D eigenvalue weighted by atomic mass is 32.1. The van der Waals surface area contributed by atoms with Crippen molar-refractivity contribution in [1.82, 2.24) is 4.57 Å². The summed E-state index contributed by atoms with van der Waals surface area (Å²) in [5.74, 6) is -0.841. The van der Waals surface area contributed by atoms with E-state index in [1.807, 2.05) is 23.6 Å². The zero-order valence-electron chi connectivity index (χ0n) is 11.3. The molecule has 2 rings (SSSR count). The molecular weight excluding hydrogens is 288 g/mol. The number of unbranched alkanes of at least 4 members (excludes halogenated alkanes) is 1. The highest BCUT2D eigenvalue weighted by Gasteiger charge is 2.11. The lowest BCUT2D eigenvalue weighted by molar-refractivity contribution is -0.137. The molecule has 0 spiro atoms. The van der Waals surface area contributed by atoms with Crippen LogP contribution in [-0.4, -0.2) is 15.6 Å². The van der Waals surface area contributed by atoms with E-state index in [0.717, 1.165) is 10.6 Å². The minimum Gasteiger partial charge on any atom is -0.481 e. The number of rotatable bonds is 6. The Morgan fingerprint density at radius 3 is 2.76 bits per heavy atom. The summed E-state index contributed by atoms with van der Waals surface area (Å²) >= 11 is 1.52. The average Bonchev–Trinajstić information content (AvgIpc) is 2.98. The molecular formula is C15H14N2O3S. The molecule has 0 fully saturated rings. The maximum Gasteiger partial charge on any atom is 0.303 e. The molecule has 6 heteroatoms. The lowest BCUT2D eigenvalue weighted by Crippen LogP contribution is -2.24. The van der Waals surface area contributed by atoms with Gasteiger partial charge in [-0.15, -0.1) is 11.3 Å². The summed E-state index contributed by atoms with van der Waals surface area (Å²) in [7, 11) is 0. The fraction of sp³-hybridized carbons (Fsp3) is 0.267. The van der Waals surface area contributed by atoms with Gasteiger partial charge in [-0.2, -0.15) is 5.26 Å². The number of pyridine rings is 1. The molecule has 0 saturated heterocycles. The minimum atomic E-state index is -0.841. The largest absolute Gasteiger partial charge is 0.481 e. The summed E-state index contributed by atoms with van der Waals surface area (Å²) in [6, 6.07) is 9.01. The van der Waals surface area contributed by atoms with Crippen molar-refractivity contribution in [3.05, 3.63) is 45.6 Å². The minimum absolute atomic E-state index is 0.0844. The van der Waals surface area contributed by atoms with E-state index in [0.29, 0.717) is 19.4 Å². The second-order valence-electron chi connectivity index (χ2n) is 4.53. The van der Waals surface area contributed by atoms with Crippen LogP contribution in [0.15, 0.2) is 34.4 Å². The highest BCUT2D eigenvalue weighted by Crippen LogP contribution is 2.24. The van der Waals surface area contributed by atoms with Crippen molar-refractivity contribution in [2.75, 3.05) is 0 Å². The number of carboxylic acids is 1. The number of nitrogens with zero attached hydrogens (tertiary/aromatic N) is 2. The number of aliphatic carboxylic acids is 1. The Labute approximate surface area is 125 Å². The van der Waals surface area contributed by atoms with E-state index >= 15 is 0 Å². The molecule has 0 saturated carbocycles. The normalized spacial score (nSPS) is 10.2. The molecule has 0 aliphatic carbocycles. The first-order valence-corrected chi connectivity index (χ1v) is 7.41. The maximum absolute atomic E-state index is 12.3. The van der Waals surface area contributed by atoms with Gasteiger partial charge in [0.25, 0.3) is 5.56 Å². The first-order valence-electron chi connectivity index (χ1n) is 6.53. The summed E-state index contributed by atoms with van der Waals surface area (Å²) in [6.07, 6.45) is 1.17. The third kappa shape index (κ3) is 3.58. The van der Waals surface area contributed by atoms with E-state index in [4.69, 9.17) is 10.4 Å². The molecule has 0 bridgehead atoms. The predicted molar refractivity (Wildman–Crippen MR) is 80.2 cm³/mol. The van der Waals surface area contributed by atoms with Gasteiger partial charge < -0.3 is 9.67 Å². The van der Waals surface area contributed by atoms with Gasteiger partial charge in [0.1, 0.15) is 11.6 Å². The maximum atomic E-state index is 12.3. The van der Waals surface area contributed by atoms with Gasteiger partial charge in [0.05, 0.1) is 10.6 Å². The summed E-state index contributed by atoms with van der Waals surface area (Å²) in [6.45, 7) is 0.412. The highest BCUT2D eigenvalue weighted by molar-refractivity contribution is 7.13. The summed E-state index contributed by atoms with van der Waals surface area (Å²) in [4.78, 5) is 23.7. The summed E-state index contributed by atoms with van der Waals surface area (Å²) < 4.78 is 1.56. The topological polar surface area (TPSA) is 83.1 Å². The zero-order valence-corrected chi connectivity index (χ0v) is 12.1. The number of thiophene rings is 1. The smallest absolute Gasteiger partial charge is 0.303 e. The zero-order chi connectivity index (χ0) is 15.2. The Balaban J connectivity index is 2.30. The molecule has 0 aliphatic heterocycles. The van der Waals surface area contributed by atoms with Crippen LogP contribution in [0.3, 0.4) is 0 Å². The van der Waals surface area contributed by atoms with Gasteiger partial charge in [-0.25, -0.2) is 0 Å². The van der Waals surface area contributed by atoms with E-state index in [2.05, 4.69) is 0 Å². The van der Waals surface area contributed by atoms with E-state index in [1.54, 1.807) is 10.6 Å². The SMILES string of the molecule is N#Cc1ccc(-c2cccs2)n(CCCCC(=O)O)c1=O. The molecule has 1 N–H and O–H groups in total. The molecule has 5 nitrogen and oxygen atoms in total. The molecule has 2 aromatic heterocycles. The summed E-state index contributed by atoms with van der Waals surface area (Å²) in [5, 5.41) is 19.5. The molecule has 21 heavy (non-hydrogen) atoms. The number of aromatic nitrogens is 1. The van der Waals surface area contributed by atoms with Gasteiger partial charge in [0, 0.05) is 13.0 Å². The molecule has 0 unspecified atom stereocenters. The first-order chi connectivity index (χ1) is 10.1. The third-order valence-electron chi connectivity index (χ3n) is 3.09. The molecule has 0 atom stereocenters. The Kier molecular flexibility index (Phi) is 4.90. The van der Waals surface area contributed by atoms with Crippen LogP contribution < -0.4 is 5.56 Å². The van der Waals surface area contributed by atoms with Crippen LogP contribution in [0.5, 0.6) is 0 Å². The number of hydrogen-bond acceptors (Lipinski definition) is 4. The van der Waals surface area contributed by atoms with Crippen LogP contribution in [0.1, 0.15) is 24.8 Å². The van der Waals surface area contributed by atoms with E-state index in [-0.39, 0.29) is 17.5 Å². The second-order valence-corrected chi connectivity index (χ2v) is 5.48. The Morgan fingerprint density at radius 1 is 1.33 bits per heavy atom. The molecule has 2 aromatic rings. The van der Waals surface area contributed by atoms with Crippen molar-refractivity contribution in [3.8, 4) is 16.6 Å². The molecule has 108 valence electrons. The quantitative estimate of drug-likeness (QED) is 0.832. The third-order valence-corrected chi connectivity index (χ3v) is 3.98. The van der Waals surface area contributed by atoms with Crippen LogP contribution in [0.4, 0.5) is 0 Å². The molecule has 2 heterocycles. The fourth-order valence-electron chi connectivity index (χ4n) is 2.07. The second kappa shape index (κ2) is 6.86. The number of nitriles is 1. The fourth-order valence-corrected chi connectivity index (χ4v) is 2.83. The van der Waals surface area contributed by atoms with Crippen LogP contribution in [-0.2, 0) is 11.3 Å². The van der Waals surface area contributed by atoms with Crippen molar-refractivity contribution in [2.24, 2.45) is 0 Å². The van der Waals surface area contributed by atoms with E-state index in [9.17, 15) is 9.59 Å². The number of carbonyl (C=O) groups is 1. The molecule has 0 aromatic carbocycles. The van der Waals surface area contributed by atoms with Crippen LogP contribution >= 0.6 is 11.3 Å². The average molecular weight is 302 g/mol. The lowest BCUT2D eigenvalue weighted by atomic mass is 10.2. The van der Waals surface area contributed by atoms with E-state index in [1.165, 1.54) is 17.4 Å². The molecule has 0 amide bonds. The van der Waals surface area contributed by atoms with Gasteiger partial charge in [-0.3, -0.25) is 9.59 Å². The summed E-state index contributed by atoms with van der Waals surface area (Å²) in [5.41, 5.74) is 0.552. The van der Waals surface area contributed by atoms with Crippen molar-refractivity contribution >= 4 is 17.3 Å². The molecule has 0 radical (unpaired) electrons. The monoisotopic (exact) mass is 302 g/mol. The van der Waals surface area contributed by atoms with Gasteiger partial charge in [-0.05, 0) is 36.4 Å². The van der Waals surface area contributed by atoms with Crippen LogP contribution in [0, 0.1) is 11.3 Å². The van der Waals surface area contributed by atoms with Gasteiger partial charge in [-0.1, -0.05) is 6.07 Å². The van der Waals surface area contributed by atoms with Crippen molar-refractivity contribution in [1.29, 1.82) is 5.26 Å². The Bertz CT molecular complexity index is 726. The number of carboxylic acid groups (broad SMARTS) is 1. The van der Waals surface area contributed by atoms with Gasteiger partial charge >= 0.3 is 5.97 Å². The standard InChI is InChI=1S/C15H14N2O3S/c16-10-11-6-7-12(13-4-3-9-21-13)17(15(11)20)8-2-1-5-14(18)19/h3-4,6-7,9H,1-2,5,8H2,(H,18,19). The predicted octanol–water partition coefficient (Wildman–Crippen LogP) is 2.70. The Morgan fingerprint density at radius 2 is 2.14 bits per heavy atom. The van der Waals surface area contributed by atoms with Crippen molar-refractivity contribution in [3.63, 3.8) is 0 Å². The molecule has 0 aliphatic rings. The van der Waals surface area contributed by atoms with Crippen LogP contribution in [0.25, 0.3) is 10.6 Å². The van der Waals surface area contributed by atoms with E-state index < -0.39 is 5.97 Å². The van der Waals surface area contributed by atoms with Crippen molar-refractivity contribution < 1.29 is 9.90 Å². The number of hydrogen-bond donors (Lipinski definition) is 1. The van der Waals surface area contributed by atoms with Crippen molar-refractivity contribution in [2.45, 2.75) is 25.8 Å². The Hall–Kier alpha value is -2.39. The lowest BCUT2D eigenvalue weighted by Gasteiger charge is -2.11. The van der Waals surface area contributed by atoms with Gasteiger partial charge in [0.15, 0.2) is 0 Å². The van der Waals surface area contributed by atoms with Gasteiger partial charge in [0.2, 0.25) is 0 Å².